The third-order valence-corrected chi connectivity index (χ3v) is 5.58. The highest BCUT2D eigenvalue weighted by atomic mass is 16.5. The van der Waals surface area contributed by atoms with Gasteiger partial charge in [-0.15, -0.1) is 0 Å². The topological polar surface area (TPSA) is 78.3 Å². The molecule has 0 bridgehead atoms. The van der Waals surface area contributed by atoms with Gasteiger partial charge in [0, 0.05) is 48.3 Å². The summed E-state index contributed by atoms with van der Waals surface area (Å²) in [4.78, 5) is 18.1. The number of para-hydroxylation sites is 1. The van der Waals surface area contributed by atoms with Crippen LogP contribution in [0, 0.1) is 5.41 Å². The van der Waals surface area contributed by atoms with E-state index in [1.165, 1.54) is 6.08 Å². The molecule has 1 amide bonds. The van der Waals surface area contributed by atoms with Crippen molar-refractivity contribution in [2.75, 3.05) is 18.4 Å². The molecule has 0 spiro atoms. The summed E-state index contributed by atoms with van der Waals surface area (Å²) in [6, 6.07) is 19.0. The first kappa shape index (κ1) is 21.3. The van der Waals surface area contributed by atoms with E-state index in [0.717, 1.165) is 36.4 Å². The Morgan fingerprint density at radius 1 is 1.16 bits per heavy atom. The molecule has 4 rings (SSSR count). The van der Waals surface area contributed by atoms with Crippen molar-refractivity contribution in [1.29, 1.82) is 5.41 Å². The Morgan fingerprint density at radius 3 is 2.66 bits per heavy atom. The van der Waals surface area contributed by atoms with Crippen LogP contribution in [0.5, 0.6) is 11.5 Å². The first-order chi connectivity index (χ1) is 15.7. The van der Waals surface area contributed by atoms with Gasteiger partial charge in [0.1, 0.15) is 11.5 Å². The first-order valence-electron chi connectivity index (χ1n) is 10.7. The molecule has 1 aliphatic rings. The number of nitrogens with one attached hydrogen (secondary N) is 2. The number of ether oxygens (including phenoxy) is 1. The van der Waals surface area contributed by atoms with Crippen LogP contribution in [0.3, 0.4) is 0 Å². The lowest BCUT2D eigenvalue weighted by Crippen LogP contribution is -2.38. The minimum atomic E-state index is -0.0326. The van der Waals surface area contributed by atoms with Crippen molar-refractivity contribution in [3.05, 3.63) is 96.8 Å². The van der Waals surface area contributed by atoms with Gasteiger partial charge in [-0.2, -0.15) is 0 Å². The van der Waals surface area contributed by atoms with Crippen molar-refractivity contribution in [1.82, 2.24) is 9.88 Å². The molecule has 1 aromatic heterocycles. The standard InChI is InChI=1S/C26H26N4O2/c1-2-25(31)30-16-6-7-20(30)17-29-24-14-15-28-18-23(24)26(27)19-10-12-22(13-11-19)32-21-8-4-3-5-9-21/h2-5,8-15,18,20,27H,1,6-7,16-17H2,(H,28,29). The second-order valence-corrected chi connectivity index (χ2v) is 7.65. The number of hydrogen-bond donors (Lipinski definition) is 2. The van der Waals surface area contributed by atoms with E-state index in [-0.39, 0.29) is 11.9 Å². The van der Waals surface area contributed by atoms with Crippen molar-refractivity contribution in [2.24, 2.45) is 0 Å². The Labute approximate surface area is 188 Å². The van der Waals surface area contributed by atoms with Gasteiger partial charge >= 0.3 is 0 Å². The van der Waals surface area contributed by atoms with Gasteiger partial charge in [0.2, 0.25) is 5.91 Å². The molecule has 6 heteroatoms. The number of aromatic nitrogens is 1. The van der Waals surface area contributed by atoms with Gasteiger partial charge in [-0.3, -0.25) is 15.2 Å². The number of amides is 1. The Balaban J connectivity index is 1.45. The lowest BCUT2D eigenvalue weighted by Gasteiger charge is -2.24. The molecule has 6 nitrogen and oxygen atoms in total. The summed E-state index contributed by atoms with van der Waals surface area (Å²) in [5.74, 6) is 1.45. The van der Waals surface area contributed by atoms with E-state index < -0.39 is 0 Å². The van der Waals surface area contributed by atoms with E-state index in [0.29, 0.717) is 23.6 Å². The summed E-state index contributed by atoms with van der Waals surface area (Å²) < 4.78 is 5.84. The minimum Gasteiger partial charge on any atom is -0.457 e. The molecule has 0 saturated carbocycles. The van der Waals surface area contributed by atoms with Gasteiger partial charge in [0.25, 0.3) is 0 Å². The van der Waals surface area contributed by atoms with E-state index in [2.05, 4.69) is 16.9 Å². The lowest BCUT2D eigenvalue weighted by atomic mass is 10.0. The van der Waals surface area contributed by atoms with Crippen molar-refractivity contribution in [3.63, 3.8) is 0 Å². The molecule has 2 heterocycles. The molecule has 1 aliphatic heterocycles. The maximum atomic E-state index is 12.1. The number of anilines is 1. The highest BCUT2D eigenvalue weighted by Crippen LogP contribution is 2.24. The summed E-state index contributed by atoms with van der Waals surface area (Å²) in [7, 11) is 0. The van der Waals surface area contributed by atoms with Crippen molar-refractivity contribution < 1.29 is 9.53 Å². The largest absolute Gasteiger partial charge is 0.457 e. The maximum Gasteiger partial charge on any atom is 0.246 e. The van der Waals surface area contributed by atoms with Crippen LogP contribution in [0.1, 0.15) is 24.0 Å². The van der Waals surface area contributed by atoms with Gasteiger partial charge in [-0.05, 0) is 61.4 Å². The molecule has 1 atom stereocenters. The normalized spacial score (nSPS) is 15.2. The van der Waals surface area contributed by atoms with Crippen molar-refractivity contribution in [2.45, 2.75) is 18.9 Å². The number of hydrogen-bond acceptors (Lipinski definition) is 5. The number of pyridine rings is 1. The number of nitrogens with zero attached hydrogens (tertiary/aromatic N) is 2. The monoisotopic (exact) mass is 426 g/mol. The lowest BCUT2D eigenvalue weighted by molar-refractivity contribution is -0.126. The van der Waals surface area contributed by atoms with Crippen LogP contribution >= 0.6 is 0 Å². The van der Waals surface area contributed by atoms with Gasteiger partial charge in [0.05, 0.1) is 5.71 Å². The van der Waals surface area contributed by atoms with E-state index in [9.17, 15) is 4.79 Å². The molecule has 162 valence electrons. The Morgan fingerprint density at radius 2 is 1.91 bits per heavy atom. The average Bonchev–Trinajstić information content (AvgIpc) is 3.32. The maximum absolute atomic E-state index is 12.1. The molecule has 3 aromatic rings. The molecule has 32 heavy (non-hydrogen) atoms. The molecule has 0 aliphatic carbocycles. The number of carbonyl (C=O) groups excluding carboxylic acids is 1. The van der Waals surface area contributed by atoms with Crippen LogP contribution in [0.4, 0.5) is 5.69 Å². The zero-order valence-corrected chi connectivity index (χ0v) is 17.8. The fraction of sp³-hybridized carbons (Fsp3) is 0.192. The summed E-state index contributed by atoms with van der Waals surface area (Å²) in [5.41, 5.74) is 2.68. The summed E-state index contributed by atoms with van der Waals surface area (Å²) >= 11 is 0. The number of benzene rings is 2. The zero-order valence-electron chi connectivity index (χ0n) is 17.8. The minimum absolute atomic E-state index is 0.0326. The Bertz CT molecular complexity index is 1100. The van der Waals surface area contributed by atoms with Gasteiger partial charge < -0.3 is 15.0 Å². The van der Waals surface area contributed by atoms with E-state index in [4.69, 9.17) is 10.1 Å². The van der Waals surface area contributed by atoms with Gasteiger partial charge in [-0.1, -0.05) is 24.8 Å². The number of likely N-dealkylation sites (tertiary alicyclic amines) is 1. The second-order valence-electron chi connectivity index (χ2n) is 7.65. The van der Waals surface area contributed by atoms with Gasteiger partial charge in [-0.25, -0.2) is 0 Å². The highest BCUT2D eigenvalue weighted by molar-refractivity contribution is 6.13. The van der Waals surface area contributed by atoms with Crippen LogP contribution in [0.25, 0.3) is 0 Å². The van der Waals surface area contributed by atoms with Crippen LogP contribution in [0.15, 0.2) is 85.7 Å². The molecule has 0 radical (unpaired) electrons. The smallest absolute Gasteiger partial charge is 0.246 e. The molecule has 1 saturated heterocycles. The summed E-state index contributed by atoms with van der Waals surface area (Å²) in [6.45, 7) is 4.98. The van der Waals surface area contributed by atoms with Crippen molar-refractivity contribution in [3.8, 4) is 11.5 Å². The Kier molecular flexibility index (Phi) is 6.60. The highest BCUT2D eigenvalue weighted by Gasteiger charge is 2.27. The molecule has 2 N–H and O–H groups in total. The SMILES string of the molecule is C=CC(=O)N1CCCC1CNc1ccncc1C(=N)c1ccc(Oc2ccccc2)cc1. The van der Waals surface area contributed by atoms with E-state index in [1.807, 2.05) is 65.6 Å². The first-order valence-corrected chi connectivity index (χ1v) is 10.7. The van der Waals surface area contributed by atoms with Crippen LogP contribution in [-0.4, -0.2) is 40.6 Å². The van der Waals surface area contributed by atoms with Crippen LogP contribution in [-0.2, 0) is 4.79 Å². The molecule has 2 aromatic carbocycles. The van der Waals surface area contributed by atoms with E-state index >= 15 is 0 Å². The van der Waals surface area contributed by atoms with E-state index in [1.54, 1.807) is 12.4 Å². The second kappa shape index (κ2) is 9.92. The summed E-state index contributed by atoms with van der Waals surface area (Å²) in [6.07, 6.45) is 6.71. The quantitative estimate of drug-likeness (QED) is 0.398. The Hall–Kier alpha value is -3.93. The van der Waals surface area contributed by atoms with Crippen LogP contribution in [0.2, 0.25) is 0 Å². The predicted molar refractivity (Wildman–Crippen MR) is 127 cm³/mol. The fourth-order valence-electron chi connectivity index (χ4n) is 3.90. The predicted octanol–water partition coefficient (Wildman–Crippen LogP) is 4.88. The molecule has 1 fully saturated rings. The zero-order chi connectivity index (χ0) is 22.3. The summed E-state index contributed by atoms with van der Waals surface area (Å²) in [5, 5.41) is 12.2. The third kappa shape index (κ3) is 4.86. The van der Waals surface area contributed by atoms with Crippen molar-refractivity contribution >= 4 is 17.3 Å². The number of rotatable bonds is 8. The number of carbonyl (C=O) groups is 1. The molecular weight excluding hydrogens is 400 g/mol. The van der Waals surface area contributed by atoms with Crippen LogP contribution < -0.4 is 10.1 Å². The average molecular weight is 427 g/mol. The molecule has 1 unspecified atom stereocenters. The third-order valence-electron chi connectivity index (χ3n) is 5.58. The van der Waals surface area contributed by atoms with Gasteiger partial charge in [0.15, 0.2) is 0 Å². The fourth-order valence-corrected chi connectivity index (χ4v) is 3.90. The molecular formula is C26H26N4O2.